The normalized spacial score (nSPS) is 11.5. The Hall–Kier alpha value is -2.04. The first-order chi connectivity index (χ1) is 7.98. The lowest BCUT2D eigenvalue weighted by Gasteiger charge is -2.08. The minimum Gasteiger partial charge on any atom is -0.223 e. The zero-order valence-corrected chi connectivity index (χ0v) is 10.2. The first-order valence-corrected chi connectivity index (χ1v) is 5.41. The molecule has 1 heterocycles. The van der Waals surface area contributed by atoms with Crippen LogP contribution in [0.25, 0.3) is 5.69 Å². The van der Waals surface area contributed by atoms with Crippen molar-refractivity contribution in [1.82, 2.24) is 14.8 Å². The quantitative estimate of drug-likeness (QED) is 0.746. The van der Waals surface area contributed by atoms with Gasteiger partial charge in [-0.25, -0.2) is 9.67 Å². The third kappa shape index (κ3) is 2.38. The van der Waals surface area contributed by atoms with Gasteiger partial charge in [0.2, 0.25) is 5.54 Å². The van der Waals surface area contributed by atoms with E-state index in [0.717, 1.165) is 10.4 Å². The molecule has 0 fully saturated rings. The van der Waals surface area contributed by atoms with Crippen LogP contribution in [0.3, 0.4) is 0 Å². The molecule has 0 aliphatic rings. The molecule has 2 aromatic rings. The summed E-state index contributed by atoms with van der Waals surface area (Å²) in [6, 6.07) is 7.27. The molecule has 1 aromatic carbocycles. The van der Waals surface area contributed by atoms with E-state index in [-0.39, 0.29) is 0 Å². The van der Waals surface area contributed by atoms with Gasteiger partial charge in [0, 0.05) is 42.6 Å². The summed E-state index contributed by atoms with van der Waals surface area (Å²) in [5.74, 6) is 0. The first-order valence-electron chi connectivity index (χ1n) is 5.41. The highest BCUT2D eigenvalue weighted by molar-refractivity contribution is 5.40. The minimum absolute atomic E-state index is 0.436. The highest BCUT2D eigenvalue weighted by atomic mass is 16.3. The molecule has 17 heavy (non-hydrogen) atoms. The molecule has 0 atom stereocenters. The van der Waals surface area contributed by atoms with Gasteiger partial charge in [-0.2, -0.15) is 5.10 Å². The summed E-state index contributed by atoms with van der Waals surface area (Å²) in [4.78, 5) is 15.8. The molecule has 0 bridgehead atoms. The van der Waals surface area contributed by atoms with E-state index in [4.69, 9.17) is 0 Å². The summed E-state index contributed by atoms with van der Waals surface area (Å²) in [5, 5.41) is 4.02. The first kappa shape index (κ1) is 11.4. The van der Waals surface area contributed by atoms with Gasteiger partial charge < -0.3 is 0 Å². The van der Waals surface area contributed by atoms with Crippen molar-refractivity contribution < 1.29 is 4.76 Å². The molecule has 0 radical (unpaired) electrons. The van der Waals surface area contributed by atoms with Gasteiger partial charge in [0.05, 0.1) is 5.69 Å². The fourth-order valence-electron chi connectivity index (χ4n) is 1.47. The van der Waals surface area contributed by atoms with Crippen molar-refractivity contribution in [1.29, 1.82) is 0 Å². The number of nitrogens with zero attached hydrogens (tertiary/aromatic N) is 4. The Morgan fingerprint density at radius 3 is 2.29 bits per heavy atom. The van der Waals surface area contributed by atoms with E-state index in [9.17, 15) is 4.91 Å². The van der Waals surface area contributed by atoms with Crippen molar-refractivity contribution in [3.8, 4) is 5.69 Å². The standard InChI is InChI=1S/C12H15N4O/c1-12(2,3)16(17)11-6-4-10(5-7-11)15-9-13-8-14-15/h4-9H,1-3H3/q+1. The summed E-state index contributed by atoms with van der Waals surface area (Å²) in [5.41, 5.74) is 1.09. The van der Waals surface area contributed by atoms with E-state index in [1.165, 1.54) is 6.33 Å². The molecule has 0 unspecified atom stereocenters. The Morgan fingerprint density at radius 1 is 1.18 bits per heavy atom. The van der Waals surface area contributed by atoms with Crippen LogP contribution in [0.5, 0.6) is 0 Å². The van der Waals surface area contributed by atoms with Gasteiger partial charge in [0.25, 0.3) is 5.69 Å². The molecule has 88 valence electrons. The summed E-state index contributed by atoms with van der Waals surface area (Å²) >= 11 is 0. The molecule has 1 aromatic heterocycles. The lowest BCUT2D eigenvalue weighted by Crippen LogP contribution is -2.26. The number of aromatic nitrogens is 3. The van der Waals surface area contributed by atoms with Gasteiger partial charge in [0.1, 0.15) is 12.7 Å². The summed E-state index contributed by atoms with van der Waals surface area (Å²) in [6.07, 6.45) is 3.09. The van der Waals surface area contributed by atoms with Crippen LogP contribution in [0.15, 0.2) is 36.9 Å². The van der Waals surface area contributed by atoms with E-state index in [1.807, 2.05) is 32.9 Å². The van der Waals surface area contributed by atoms with E-state index in [0.29, 0.717) is 5.69 Å². The predicted octanol–water partition coefficient (Wildman–Crippen LogP) is 2.48. The SMILES string of the molecule is CC(C)(C)[N+](=O)c1ccc(-n2cncn2)cc1. The second-order valence-electron chi connectivity index (χ2n) is 4.82. The van der Waals surface area contributed by atoms with E-state index in [2.05, 4.69) is 10.1 Å². The number of benzene rings is 1. The Morgan fingerprint density at radius 2 is 1.82 bits per heavy atom. The van der Waals surface area contributed by atoms with Gasteiger partial charge in [-0.3, -0.25) is 0 Å². The van der Waals surface area contributed by atoms with Crippen molar-refractivity contribution in [3.05, 3.63) is 41.8 Å². The van der Waals surface area contributed by atoms with Crippen LogP contribution in [0.4, 0.5) is 5.69 Å². The predicted molar refractivity (Wildman–Crippen MR) is 64.4 cm³/mol. The number of hydrogen-bond acceptors (Lipinski definition) is 3. The largest absolute Gasteiger partial charge is 0.256 e. The Labute approximate surface area is 99.7 Å². The topological polar surface area (TPSA) is 50.8 Å². The fraction of sp³-hybridized carbons (Fsp3) is 0.333. The maximum Gasteiger partial charge on any atom is 0.256 e. The zero-order valence-electron chi connectivity index (χ0n) is 10.2. The number of nitroso groups, excluding NO2 is 1. The van der Waals surface area contributed by atoms with E-state index in [1.54, 1.807) is 23.1 Å². The molecule has 0 saturated heterocycles. The van der Waals surface area contributed by atoms with Gasteiger partial charge in [-0.15, -0.1) is 0 Å². The van der Waals surface area contributed by atoms with Gasteiger partial charge in [0.15, 0.2) is 0 Å². The molecule has 0 aliphatic carbocycles. The molecule has 5 heteroatoms. The summed E-state index contributed by atoms with van der Waals surface area (Å²) < 4.78 is 2.65. The molecule has 0 N–H and O–H groups in total. The Kier molecular flexibility index (Phi) is 2.75. The summed E-state index contributed by atoms with van der Waals surface area (Å²) in [7, 11) is 0. The Balaban J connectivity index is 2.28. The molecule has 5 nitrogen and oxygen atoms in total. The number of rotatable bonds is 2. The van der Waals surface area contributed by atoms with Crippen LogP contribution in [0, 0.1) is 4.91 Å². The average molecular weight is 231 g/mol. The maximum atomic E-state index is 11.9. The van der Waals surface area contributed by atoms with Crippen LogP contribution in [0.1, 0.15) is 20.8 Å². The molecule has 2 rings (SSSR count). The molecule has 0 spiro atoms. The van der Waals surface area contributed by atoms with Crippen LogP contribution < -0.4 is 0 Å². The van der Waals surface area contributed by atoms with Gasteiger partial charge in [-0.1, -0.05) is 0 Å². The second kappa shape index (κ2) is 4.08. The van der Waals surface area contributed by atoms with E-state index >= 15 is 0 Å². The fourth-order valence-corrected chi connectivity index (χ4v) is 1.47. The van der Waals surface area contributed by atoms with Crippen LogP contribution in [0.2, 0.25) is 0 Å². The Bertz CT molecular complexity index is 508. The van der Waals surface area contributed by atoms with Crippen LogP contribution in [-0.4, -0.2) is 25.1 Å². The monoisotopic (exact) mass is 231 g/mol. The molecular weight excluding hydrogens is 216 g/mol. The average Bonchev–Trinajstić information content (AvgIpc) is 2.80. The van der Waals surface area contributed by atoms with Gasteiger partial charge >= 0.3 is 0 Å². The minimum atomic E-state index is -0.436. The second-order valence-corrected chi connectivity index (χ2v) is 4.82. The highest BCUT2D eigenvalue weighted by Crippen LogP contribution is 2.21. The van der Waals surface area contributed by atoms with Crippen molar-refractivity contribution in [2.75, 3.05) is 0 Å². The van der Waals surface area contributed by atoms with Crippen molar-refractivity contribution >= 4 is 5.69 Å². The molecule has 0 saturated carbocycles. The third-order valence-corrected chi connectivity index (χ3v) is 2.38. The summed E-state index contributed by atoms with van der Waals surface area (Å²) in [6.45, 7) is 5.64. The van der Waals surface area contributed by atoms with Gasteiger partial charge in [-0.05, 0) is 12.1 Å². The smallest absolute Gasteiger partial charge is 0.223 e. The molecule has 0 aliphatic heterocycles. The zero-order chi connectivity index (χ0) is 12.5. The lowest BCUT2D eigenvalue weighted by atomic mass is 10.1. The highest BCUT2D eigenvalue weighted by Gasteiger charge is 2.30. The third-order valence-electron chi connectivity index (χ3n) is 2.38. The van der Waals surface area contributed by atoms with E-state index < -0.39 is 5.54 Å². The van der Waals surface area contributed by atoms with Crippen molar-refractivity contribution in [2.24, 2.45) is 0 Å². The number of hydrogen-bond donors (Lipinski definition) is 0. The van der Waals surface area contributed by atoms with Crippen LogP contribution >= 0.6 is 0 Å². The van der Waals surface area contributed by atoms with Crippen molar-refractivity contribution in [2.45, 2.75) is 26.3 Å². The van der Waals surface area contributed by atoms with Crippen molar-refractivity contribution in [3.63, 3.8) is 0 Å². The molecule has 0 amide bonds. The van der Waals surface area contributed by atoms with Crippen LogP contribution in [-0.2, 0) is 0 Å². The maximum absolute atomic E-state index is 11.9. The lowest BCUT2D eigenvalue weighted by molar-refractivity contribution is -0.540. The molecular formula is C12H15N4O+.